The Labute approximate surface area is 142 Å². The van der Waals surface area contributed by atoms with Gasteiger partial charge in [0.15, 0.2) is 12.1 Å². The van der Waals surface area contributed by atoms with Crippen LogP contribution in [-0.4, -0.2) is 75.6 Å². The van der Waals surface area contributed by atoms with Gasteiger partial charge in [-0.1, -0.05) is 0 Å². The molecule has 4 atom stereocenters. The summed E-state index contributed by atoms with van der Waals surface area (Å²) >= 11 is 1.35. The number of aliphatic hydroxyl groups excluding tert-OH is 2. The van der Waals surface area contributed by atoms with Crippen molar-refractivity contribution in [1.29, 1.82) is 0 Å². The molecule has 0 saturated carbocycles. The Hall–Kier alpha value is -1.31. The molecule has 0 unspecified atom stereocenters. The Morgan fingerprint density at radius 2 is 2.17 bits per heavy atom. The van der Waals surface area contributed by atoms with E-state index in [1.165, 1.54) is 29.0 Å². The average molecular weight is 376 g/mol. The number of fused-ring (bicyclic) bond motifs is 1. The predicted octanol–water partition coefficient (Wildman–Crippen LogP) is -0.905. The Kier molecular flexibility index (Phi) is 4.77. The highest BCUT2D eigenvalue weighted by Gasteiger charge is 2.47. The molecule has 0 amide bonds. The lowest BCUT2D eigenvalue weighted by atomic mass is 10.1. The number of thioether (sulfide) groups is 1. The Balaban J connectivity index is 2.00. The summed E-state index contributed by atoms with van der Waals surface area (Å²) in [4.78, 5) is 12.3. The summed E-state index contributed by atoms with van der Waals surface area (Å²) in [6.45, 7) is -0.505. The van der Waals surface area contributed by atoms with Gasteiger partial charge in [0.05, 0.1) is 12.9 Å². The maximum absolute atomic E-state index is 11.4. The van der Waals surface area contributed by atoms with Gasteiger partial charge in [-0.15, -0.1) is 11.8 Å². The van der Waals surface area contributed by atoms with Crippen LogP contribution < -0.4 is 0 Å². The van der Waals surface area contributed by atoms with Crippen molar-refractivity contribution < 1.29 is 27.6 Å². The Morgan fingerprint density at radius 3 is 2.79 bits per heavy atom. The van der Waals surface area contributed by atoms with Crippen LogP contribution in [-0.2, 0) is 19.0 Å². The van der Waals surface area contributed by atoms with Gasteiger partial charge in [-0.3, -0.25) is 8.75 Å². The maximum Gasteiger partial charge on any atom is 0.264 e. The van der Waals surface area contributed by atoms with E-state index < -0.39 is 41.3 Å². The zero-order chi connectivity index (χ0) is 17.5. The molecule has 1 fully saturated rings. The summed E-state index contributed by atoms with van der Waals surface area (Å²) in [6.07, 6.45) is 0.958. The SMILES string of the molecule is CSc1c2ncnc-2ncn1[C@@H]1O[C@H](CO)[C@H](OS(C)(=O)=O)[C@H]1O. The number of hydrogen-bond acceptors (Lipinski definition) is 10. The third-order valence-electron chi connectivity index (χ3n) is 3.56. The van der Waals surface area contributed by atoms with Crippen LogP contribution in [0.4, 0.5) is 0 Å². The molecule has 0 aromatic carbocycles. The number of nitrogens with zero attached hydrogens (tertiary/aromatic N) is 4. The molecule has 0 radical (unpaired) electrons. The lowest BCUT2D eigenvalue weighted by molar-refractivity contribution is -0.0566. The number of hydrogen-bond donors (Lipinski definition) is 2. The van der Waals surface area contributed by atoms with Gasteiger partial charge in [0.25, 0.3) is 10.1 Å². The fraction of sp³-hybridized carbons (Fsp3) is 0.583. The molecule has 0 aromatic rings. The van der Waals surface area contributed by atoms with Gasteiger partial charge in [0.2, 0.25) is 0 Å². The van der Waals surface area contributed by atoms with Gasteiger partial charge >= 0.3 is 0 Å². The quantitative estimate of drug-likeness (QED) is 0.383. The van der Waals surface area contributed by atoms with E-state index in [0.29, 0.717) is 16.5 Å². The second kappa shape index (κ2) is 6.54. The summed E-state index contributed by atoms with van der Waals surface area (Å²) in [5.41, 5.74) is 0.536. The van der Waals surface area contributed by atoms with Crippen LogP contribution in [0.3, 0.4) is 0 Å². The van der Waals surface area contributed by atoms with Gasteiger partial charge < -0.3 is 14.9 Å². The second-order valence-electron chi connectivity index (χ2n) is 5.21. The van der Waals surface area contributed by atoms with Crippen molar-refractivity contribution in [3.8, 4) is 11.5 Å². The third-order valence-corrected chi connectivity index (χ3v) is 4.93. The van der Waals surface area contributed by atoms with Crippen molar-refractivity contribution >= 4 is 21.9 Å². The van der Waals surface area contributed by atoms with E-state index in [2.05, 4.69) is 15.0 Å². The highest BCUT2D eigenvalue weighted by Crippen LogP contribution is 2.37. The van der Waals surface area contributed by atoms with Crippen LogP contribution in [0.15, 0.2) is 17.7 Å². The zero-order valence-electron chi connectivity index (χ0n) is 12.8. The first-order valence-corrected chi connectivity index (χ1v) is 9.94. The van der Waals surface area contributed by atoms with Gasteiger partial charge in [0.1, 0.15) is 41.7 Å². The van der Waals surface area contributed by atoms with E-state index in [-0.39, 0.29) is 0 Å². The fourth-order valence-corrected chi connectivity index (χ4v) is 3.94. The number of aromatic nitrogens is 4. The molecule has 0 aliphatic carbocycles. The Morgan fingerprint density at radius 1 is 1.42 bits per heavy atom. The normalized spacial score (nSPS) is 27.8. The molecule has 10 nitrogen and oxygen atoms in total. The van der Waals surface area contributed by atoms with E-state index in [1.54, 1.807) is 0 Å². The molecule has 0 spiro atoms. The van der Waals surface area contributed by atoms with Crippen LogP contribution in [0.1, 0.15) is 6.23 Å². The van der Waals surface area contributed by atoms with E-state index in [1.807, 2.05) is 6.26 Å². The van der Waals surface area contributed by atoms with Crippen LogP contribution >= 0.6 is 11.8 Å². The number of aliphatic hydroxyl groups is 2. The van der Waals surface area contributed by atoms with E-state index >= 15 is 0 Å². The summed E-state index contributed by atoms with van der Waals surface area (Å²) in [7, 11) is -3.83. The first kappa shape index (κ1) is 17.5. The van der Waals surface area contributed by atoms with E-state index in [9.17, 15) is 18.6 Å². The number of imidazole rings is 1. The standard InChI is InChI=1S/C12H16N4O6S2/c1-23-12-7-10(14-4-13-7)15-5-16(12)11-8(18)9(6(3-17)21-11)22-24(2,19)20/h4-6,8-9,11,17-18H,3H2,1-2H3/t6-,8-,9+,11-/m1/s1. The minimum absolute atomic E-state index is 0.450. The van der Waals surface area contributed by atoms with Crippen molar-refractivity contribution in [3.05, 3.63) is 12.7 Å². The van der Waals surface area contributed by atoms with Crippen molar-refractivity contribution in [2.45, 2.75) is 29.6 Å². The van der Waals surface area contributed by atoms with E-state index in [0.717, 1.165) is 6.26 Å². The first-order chi connectivity index (χ1) is 11.4. The molecule has 0 aromatic heterocycles. The van der Waals surface area contributed by atoms with Crippen molar-refractivity contribution in [1.82, 2.24) is 19.5 Å². The van der Waals surface area contributed by atoms with Gasteiger partial charge in [-0.2, -0.15) is 8.42 Å². The lowest BCUT2D eigenvalue weighted by Gasteiger charge is -2.22. The molecule has 2 N–H and O–H groups in total. The minimum atomic E-state index is -3.83. The average Bonchev–Trinajstić information content (AvgIpc) is 3.11. The number of ether oxygens (including phenoxy) is 1. The van der Waals surface area contributed by atoms with Crippen LogP contribution in [0, 0.1) is 0 Å². The predicted molar refractivity (Wildman–Crippen MR) is 82.9 cm³/mol. The summed E-state index contributed by atoms with van der Waals surface area (Å²) in [6, 6.07) is 0. The fourth-order valence-electron chi connectivity index (χ4n) is 2.60. The summed E-state index contributed by atoms with van der Waals surface area (Å²) in [5.74, 6) is 0.450. The van der Waals surface area contributed by atoms with Crippen LogP contribution in [0.25, 0.3) is 11.5 Å². The molecule has 1 saturated heterocycles. The van der Waals surface area contributed by atoms with Crippen LogP contribution in [0.5, 0.6) is 0 Å². The smallest absolute Gasteiger partial charge is 0.264 e. The molecule has 3 heterocycles. The molecular formula is C12H16N4O6S2. The molecule has 24 heavy (non-hydrogen) atoms. The first-order valence-electron chi connectivity index (χ1n) is 6.90. The van der Waals surface area contributed by atoms with E-state index in [4.69, 9.17) is 8.92 Å². The minimum Gasteiger partial charge on any atom is -0.394 e. The maximum atomic E-state index is 11.4. The molecule has 3 aliphatic rings. The summed E-state index contributed by atoms with van der Waals surface area (Å²) < 4.78 is 34.8. The van der Waals surface area contributed by atoms with Gasteiger partial charge in [0, 0.05) is 0 Å². The lowest BCUT2D eigenvalue weighted by Crippen LogP contribution is -2.37. The van der Waals surface area contributed by atoms with Crippen molar-refractivity contribution in [3.63, 3.8) is 0 Å². The summed E-state index contributed by atoms with van der Waals surface area (Å²) in [5, 5.41) is 20.5. The Bertz CT molecular complexity index is 797. The molecule has 3 rings (SSSR count). The third kappa shape index (κ3) is 3.12. The highest BCUT2D eigenvalue weighted by molar-refractivity contribution is 7.98. The molecule has 0 bridgehead atoms. The van der Waals surface area contributed by atoms with Crippen molar-refractivity contribution in [2.24, 2.45) is 0 Å². The molecular weight excluding hydrogens is 360 g/mol. The van der Waals surface area contributed by atoms with Crippen LogP contribution in [0.2, 0.25) is 0 Å². The van der Waals surface area contributed by atoms with Gasteiger partial charge in [-0.25, -0.2) is 15.0 Å². The largest absolute Gasteiger partial charge is 0.394 e. The number of rotatable bonds is 5. The monoisotopic (exact) mass is 376 g/mol. The molecule has 3 aliphatic heterocycles. The highest BCUT2D eigenvalue weighted by atomic mass is 32.2. The topological polar surface area (TPSA) is 137 Å². The molecule has 12 heteroatoms. The van der Waals surface area contributed by atoms with Gasteiger partial charge in [-0.05, 0) is 6.26 Å². The van der Waals surface area contributed by atoms with Crippen molar-refractivity contribution in [2.75, 3.05) is 19.1 Å². The second-order valence-corrected chi connectivity index (χ2v) is 7.61. The molecule has 132 valence electrons. The zero-order valence-corrected chi connectivity index (χ0v) is 14.4.